The molecule has 1 unspecified atom stereocenters. The Kier molecular flexibility index (Phi) is 7.51. The number of benzene rings is 3. The zero-order valence-electron chi connectivity index (χ0n) is 21.4. The van der Waals surface area contributed by atoms with E-state index in [0.717, 1.165) is 30.6 Å². The second kappa shape index (κ2) is 11.3. The number of ether oxygens (including phenoxy) is 2. The molecule has 194 valence electrons. The summed E-state index contributed by atoms with van der Waals surface area (Å²) in [7, 11) is 0. The van der Waals surface area contributed by atoms with Gasteiger partial charge in [0.1, 0.15) is 5.75 Å². The molecule has 1 aliphatic heterocycles. The summed E-state index contributed by atoms with van der Waals surface area (Å²) in [4.78, 5) is 26.4. The van der Waals surface area contributed by atoms with Gasteiger partial charge in [0.05, 0.1) is 18.0 Å². The van der Waals surface area contributed by atoms with Crippen molar-refractivity contribution in [3.63, 3.8) is 0 Å². The van der Waals surface area contributed by atoms with Gasteiger partial charge in [-0.15, -0.1) is 0 Å². The number of nitrogens with one attached hydrogen (secondary N) is 2. The zero-order chi connectivity index (χ0) is 26.5. The van der Waals surface area contributed by atoms with Crippen LogP contribution in [-0.2, 0) is 4.74 Å². The molecule has 1 aliphatic rings. The molecule has 8 nitrogen and oxygen atoms in total. The molecule has 0 radical (unpaired) electrons. The van der Waals surface area contributed by atoms with Crippen molar-refractivity contribution in [1.82, 2.24) is 15.1 Å². The van der Waals surface area contributed by atoms with Gasteiger partial charge in [-0.25, -0.2) is 0 Å². The molecule has 2 N–H and O–H groups in total. The summed E-state index contributed by atoms with van der Waals surface area (Å²) in [6, 6.07) is 22.0. The Balaban J connectivity index is 1.46. The Morgan fingerprint density at radius 2 is 1.84 bits per heavy atom. The van der Waals surface area contributed by atoms with E-state index in [0.29, 0.717) is 29.2 Å². The van der Waals surface area contributed by atoms with Crippen molar-refractivity contribution in [1.29, 1.82) is 0 Å². The van der Waals surface area contributed by atoms with Gasteiger partial charge in [0.15, 0.2) is 11.4 Å². The van der Waals surface area contributed by atoms with Crippen molar-refractivity contribution < 1.29 is 14.3 Å². The molecule has 0 bridgehead atoms. The average molecular weight is 511 g/mol. The van der Waals surface area contributed by atoms with Gasteiger partial charge in [0.2, 0.25) is 0 Å². The van der Waals surface area contributed by atoms with Crippen LogP contribution in [0.25, 0.3) is 5.69 Å². The maximum absolute atomic E-state index is 13.7. The Morgan fingerprint density at radius 3 is 2.58 bits per heavy atom. The van der Waals surface area contributed by atoms with Crippen LogP contribution in [0.1, 0.15) is 34.3 Å². The van der Waals surface area contributed by atoms with Crippen molar-refractivity contribution in [2.24, 2.45) is 0 Å². The van der Waals surface area contributed by atoms with Gasteiger partial charge in [-0.1, -0.05) is 30.3 Å². The SMILES string of the molecule is Cc1cc(C)cc(Oc2cnn(-c3ccccc3)c(=O)c2Nc2cccc(C(=O)NCC3CCCO3)c2)c1. The van der Waals surface area contributed by atoms with Crippen LogP contribution in [0.2, 0.25) is 0 Å². The van der Waals surface area contributed by atoms with Crippen LogP contribution in [-0.4, -0.2) is 34.9 Å². The molecule has 0 aliphatic carbocycles. The van der Waals surface area contributed by atoms with Crippen LogP contribution < -0.4 is 20.9 Å². The molecule has 8 heteroatoms. The number of anilines is 2. The van der Waals surface area contributed by atoms with E-state index in [4.69, 9.17) is 9.47 Å². The third-order valence-electron chi connectivity index (χ3n) is 6.28. The molecule has 1 aromatic heterocycles. The van der Waals surface area contributed by atoms with Gasteiger partial charge in [-0.2, -0.15) is 9.78 Å². The highest BCUT2D eigenvalue weighted by atomic mass is 16.5. The van der Waals surface area contributed by atoms with E-state index in [1.807, 2.05) is 62.4 Å². The Morgan fingerprint density at radius 1 is 1.05 bits per heavy atom. The highest BCUT2D eigenvalue weighted by molar-refractivity contribution is 5.95. The quantitative estimate of drug-likeness (QED) is 0.334. The number of hydrogen-bond acceptors (Lipinski definition) is 6. The summed E-state index contributed by atoms with van der Waals surface area (Å²) >= 11 is 0. The number of hydrogen-bond donors (Lipinski definition) is 2. The number of para-hydroxylation sites is 1. The Labute approximate surface area is 221 Å². The molecule has 2 heterocycles. The van der Waals surface area contributed by atoms with E-state index in [9.17, 15) is 9.59 Å². The van der Waals surface area contributed by atoms with Crippen LogP contribution in [0, 0.1) is 13.8 Å². The number of nitrogens with zero attached hydrogens (tertiary/aromatic N) is 2. The molecule has 0 spiro atoms. The molecule has 3 aromatic carbocycles. The molecule has 1 atom stereocenters. The normalized spacial score (nSPS) is 14.7. The predicted octanol–water partition coefficient (Wildman–Crippen LogP) is 5.29. The highest BCUT2D eigenvalue weighted by Crippen LogP contribution is 2.30. The number of aromatic nitrogens is 2. The lowest BCUT2D eigenvalue weighted by atomic mass is 10.1. The molecule has 0 saturated carbocycles. The molecular weight excluding hydrogens is 480 g/mol. The first-order chi connectivity index (χ1) is 18.5. The summed E-state index contributed by atoms with van der Waals surface area (Å²) in [5.41, 5.74) is 3.58. The average Bonchev–Trinajstić information content (AvgIpc) is 3.43. The van der Waals surface area contributed by atoms with Gasteiger partial charge in [0, 0.05) is 24.4 Å². The minimum atomic E-state index is -0.383. The van der Waals surface area contributed by atoms with Crippen LogP contribution in [0.15, 0.2) is 83.8 Å². The number of aryl methyl sites for hydroxylation is 2. The molecule has 1 fully saturated rings. The van der Waals surface area contributed by atoms with Crippen LogP contribution in [0.5, 0.6) is 11.5 Å². The summed E-state index contributed by atoms with van der Waals surface area (Å²) in [6.45, 7) is 5.18. The monoisotopic (exact) mass is 510 g/mol. The van der Waals surface area contributed by atoms with E-state index in [1.54, 1.807) is 24.3 Å². The second-order valence-electron chi connectivity index (χ2n) is 9.41. The predicted molar refractivity (Wildman–Crippen MR) is 147 cm³/mol. The topological polar surface area (TPSA) is 94.5 Å². The van der Waals surface area contributed by atoms with Gasteiger partial charge >= 0.3 is 0 Å². The fourth-order valence-corrected chi connectivity index (χ4v) is 4.50. The first-order valence-electron chi connectivity index (χ1n) is 12.7. The van der Waals surface area contributed by atoms with E-state index in [-0.39, 0.29) is 29.0 Å². The van der Waals surface area contributed by atoms with Gasteiger partial charge < -0.3 is 20.1 Å². The van der Waals surface area contributed by atoms with E-state index < -0.39 is 0 Å². The minimum Gasteiger partial charge on any atom is -0.453 e. The van der Waals surface area contributed by atoms with Crippen molar-refractivity contribution in [2.75, 3.05) is 18.5 Å². The lowest BCUT2D eigenvalue weighted by Gasteiger charge is -2.16. The summed E-state index contributed by atoms with van der Waals surface area (Å²) in [5.74, 6) is 0.680. The summed E-state index contributed by atoms with van der Waals surface area (Å²) < 4.78 is 13.1. The Bertz CT molecular complexity index is 1470. The fourth-order valence-electron chi connectivity index (χ4n) is 4.50. The maximum atomic E-state index is 13.7. The number of carbonyl (C=O) groups excluding carboxylic acids is 1. The molecule has 38 heavy (non-hydrogen) atoms. The van der Waals surface area contributed by atoms with Crippen molar-refractivity contribution in [3.8, 4) is 17.2 Å². The standard InChI is InChI=1S/C30H30N4O4/c1-20-14-21(2)16-26(15-20)38-27-19-32-34(24-10-4-3-5-11-24)30(36)28(27)33-23-9-6-8-22(17-23)29(35)31-18-25-12-7-13-37-25/h3-6,8-11,14-17,19,25,33H,7,12-13,18H2,1-2H3,(H,31,35). The molecule has 4 aromatic rings. The highest BCUT2D eigenvalue weighted by Gasteiger charge is 2.18. The fraction of sp³-hybridized carbons (Fsp3) is 0.233. The number of amides is 1. The number of carbonyl (C=O) groups is 1. The molecule has 5 rings (SSSR count). The summed E-state index contributed by atoms with van der Waals surface area (Å²) in [6.07, 6.45) is 3.53. The Hall–Kier alpha value is -4.43. The summed E-state index contributed by atoms with van der Waals surface area (Å²) in [5, 5.41) is 10.5. The molecule has 1 amide bonds. The second-order valence-corrected chi connectivity index (χ2v) is 9.41. The van der Waals surface area contributed by atoms with Gasteiger partial charge in [-0.05, 0) is 80.3 Å². The first-order valence-corrected chi connectivity index (χ1v) is 12.7. The third kappa shape index (κ3) is 5.92. The molecular formula is C30H30N4O4. The molecule has 1 saturated heterocycles. The van der Waals surface area contributed by atoms with E-state index in [1.165, 1.54) is 10.9 Å². The third-order valence-corrected chi connectivity index (χ3v) is 6.28. The van der Waals surface area contributed by atoms with Gasteiger partial charge in [-0.3, -0.25) is 9.59 Å². The van der Waals surface area contributed by atoms with Crippen LogP contribution in [0.3, 0.4) is 0 Å². The van der Waals surface area contributed by atoms with Gasteiger partial charge in [0.25, 0.3) is 11.5 Å². The smallest absolute Gasteiger partial charge is 0.299 e. The maximum Gasteiger partial charge on any atom is 0.299 e. The van der Waals surface area contributed by atoms with Crippen molar-refractivity contribution >= 4 is 17.3 Å². The van der Waals surface area contributed by atoms with E-state index in [2.05, 4.69) is 15.7 Å². The van der Waals surface area contributed by atoms with Crippen molar-refractivity contribution in [3.05, 3.63) is 106 Å². The van der Waals surface area contributed by atoms with Crippen LogP contribution >= 0.6 is 0 Å². The lowest BCUT2D eigenvalue weighted by Crippen LogP contribution is -2.31. The van der Waals surface area contributed by atoms with Crippen LogP contribution in [0.4, 0.5) is 11.4 Å². The van der Waals surface area contributed by atoms with E-state index >= 15 is 0 Å². The first kappa shape index (κ1) is 25.2. The lowest BCUT2D eigenvalue weighted by molar-refractivity contribution is 0.0858. The minimum absolute atomic E-state index is 0.0542. The number of rotatable bonds is 8. The zero-order valence-corrected chi connectivity index (χ0v) is 21.4. The van der Waals surface area contributed by atoms with Crippen molar-refractivity contribution in [2.45, 2.75) is 32.8 Å². The largest absolute Gasteiger partial charge is 0.453 e.